The topological polar surface area (TPSA) is 32.7 Å². The van der Waals surface area contributed by atoms with Gasteiger partial charge in [0.05, 0.1) is 0 Å². The predicted octanol–water partition coefficient (Wildman–Crippen LogP) is 1.68. The van der Waals surface area contributed by atoms with Crippen LogP contribution in [0.4, 0.5) is 0 Å². The predicted molar refractivity (Wildman–Crippen MR) is 65.4 cm³/mol. The van der Waals surface area contributed by atoms with E-state index in [0.717, 1.165) is 5.56 Å². The summed E-state index contributed by atoms with van der Waals surface area (Å²) >= 11 is 8.59. The zero-order valence-electron chi connectivity index (χ0n) is 8.48. The van der Waals surface area contributed by atoms with E-state index in [9.17, 15) is 4.79 Å². The molecule has 1 amide bonds. The van der Waals surface area contributed by atoms with Gasteiger partial charge in [0, 0.05) is 0 Å². The number of hydrogen-bond donors (Lipinski definition) is 0. The van der Waals surface area contributed by atoms with Gasteiger partial charge in [-0.05, 0) is 0 Å². The van der Waals surface area contributed by atoms with Crippen LogP contribution in [0.25, 0.3) is 6.08 Å². The molecule has 0 unspecified atom stereocenters. The molecule has 2 rings (SSSR count). The number of nitrogens with zero attached hydrogens (tertiary/aromatic N) is 2. The van der Waals surface area contributed by atoms with E-state index in [1.165, 1.54) is 4.90 Å². The number of hydrogen-bond acceptors (Lipinski definition) is 2. The number of amidine groups is 1. The van der Waals surface area contributed by atoms with E-state index in [2.05, 4.69) is 21.0 Å². The third kappa shape index (κ3) is 2.19. The van der Waals surface area contributed by atoms with Crippen molar-refractivity contribution in [2.45, 2.75) is 0 Å². The maximum absolute atomic E-state index is 11.7. The fraction of sp³-hybridized carbons (Fsp3) is 0.0909. The minimum absolute atomic E-state index is 0.117. The summed E-state index contributed by atoms with van der Waals surface area (Å²) in [6, 6.07) is 7.28. The van der Waals surface area contributed by atoms with E-state index >= 15 is 0 Å². The van der Waals surface area contributed by atoms with Crippen molar-refractivity contribution in [2.75, 3.05) is 7.05 Å². The standard InChI is InChI=1S/C11H8ClN2OSe/c1-14-10(15)9(13-11(14)16)6-7-3-2-4-8(12)5-7/h2-6H,1H3/b9-6+. The third-order valence-corrected chi connectivity index (χ3v) is 3.18. The van der Waals surface area contributed by atoms with Crippen LogP contribution in [0.3, 0.4) is 0 Å². The Labute approximate surface area is 107 Å². The second kappa shape index (κ2) is 4.42. The molecule has 0 aromatic heterocycles. The molecule has 1 aromatic rings. The van der Waals surface area contributed by atoms with E-state index in [1.54, 1.807) is 25.3 Å². The summed E-state index contributed by atoms with van der Waals surface area (Å²) in [5.41, 5.74) is 1.28. The molecule has 0 N–H and O–H groups in total. The maximum atomic E-state index is 11.7. The van der Waals surface area contributed by atoms with Crippen LogP contribution in [0, 0.1) is 0 Å². The molecule has 0 fully saturated rings. The zero-order valence-corrected chi connectivity index (χ0v) is 10.9. The second-order valence-corrected chi connectivity index (χ2v) is 4.55. The molecule has 1 aliphatic heterocycles. The molecule has 0 spiro atoms. The van der Waals surface area contributed by atoms with Gasteiger partial charge in [-0.3, -0.25) is 0 Å². The summed E-state index contributed by atoms with van der Waals surface area (Å²) in [5, 5.41) is 0.639. The SMILES string of the molecule is CN1C(=O)/C(=C\c2cccc(Cl)c2)N=C1[Se]. The monoisotopic (exact) mass is 299 g/mol. The molecule has 5 heteroatoms. The van der Waals surface area contributed by atoms with Crippen molar-refractivity contribution in [1.29, 1.82) is 0 Å². The Morgan fingerprint density at radius 2 is 2.25 bits per heavy atom. The quantitative estimate of drug-likeness (QED) is 0.573. The summed E-state index contributed by atoms with van der Waals surface area (Å²) in [6.07, 6.45) is 1.72. The van der Waals surface area contributed by atoms with E-state index in [0.29, 0.717) is 15.5 Å². The van der Waals surface area contributed by atoms with Crippen LogP contribution in [0.1, 0.15) is 5.56 Å². The molecule has 0 saturated heterocycles. The molecular weight excluding hydrogens is 291 g/mol. The van der Waals surface area contributed by atoms with Crippen LogP contribution in [-0.4, -0.2) is 38.6 Å². The first-order valence-electron chi connectivity index (χ1n) is 4.59. The van der Waals surface area contributed by atoms with Crippen LogP contribution in [0.5, 0.6) is 0 Å². The third-order valence-electron chi connectivity index (χ3n) is 2.18. The summed E-state index contributed by atoms with van der Waals surface area (Å²) in [5.74, 6) is -0.117. The Morgan fingerprint density at radius 3 is 2.81 bits per heavy atom. The van der Waals surface area contributed by atoms with Gasteiger partial charge in [0.25, 0.3) is 0 Å². The van der Waals surface area contributed by atoms with E-state index in [-0.39, 0.29) is 5.91 Å². The minimum atomic E-state index is -0.117. The fourth-order valence-corrected chi connectivity index (χ4v) is 1.91. The molecule has 0 aliphatic carbocycles. The van der Waals surface area contributed by atoms with Crippen LogP contribution in [0.15, 0.2) is 35.0 Å². The fourth-order valence-electron chi connectivity index (χ4n) is 1.33. The molecule has 0 atom stereocenters. The number of benzene rings is 1. The molecule has 1 aromatic carbocycles. The van der Waals surface area contributed by atoms with Gasteiger partial charge in [-0.2, -0.15) is 0 Å². The average molecular weight is 299 g/mol. The summed E-state index contributed by atoms with van der Waals surface area (Å²) in [4.78, 5) is 17.3. The molecule has 1 heterocycles. The Morgan fingerprint density at radius 1 is 1.50 bits per heavy atom. The first kappa shape index (κ1) is 11.4. The second-order valence-electron chi connectivity index (χ2n) is 3.34. The van der Waals surface area contributed by atoms with Gasteiger partial charge < -0.3 is 0 Å². The van der Waals surface area contributed by atoms with Gasteiger partial charge in [-0.25, -0.2) is 0 Å². The number of amides is 1. The Hall–Kier alpha value is -1.09. The molecule has 3 nitrogen and oxygen atoms in total. The summed E-state index contributed by atoms with van der Waals surface area (Å²) in [6.45, 7) is 0. The van der Waals surface area contributed by atoms with Crippen molar-refractivity contribution in [1.82, 2.24) is 4.90 Å². The molecule has 16 heavy (non-hydrogen) atoms. The van der Waals surface area contributed by atoms with E-state index in [1.807, 2.05) is 12.1 Å². The van der Waals surface area contributed by atoms with Crippen LogP contribution in [0.2, 0.25) is 5.02 Å². The number of likely N-dealkylation sites (N-methyl/N-ethyl adjacent to an activating group) is 1. The molecule has 1 aliphatic rings. The average Bonchev–Trinajstić information content (AvgIpc) is 2.47. The Bertz CT molecular complexity index is 510. The first-order chi connectivity index (χ1) is 7.58. The van der Waals surface area contributed by atoms with Crippen LogP contribution in [-0.2, 0) is 4.79 Å². The Kier molecular flexibility index (Phi) is 3.15. The number of carbonyl (C=O) groups excluding carboxylic acids is 1. The number of halogens is 1. The summed E-state index contributed by atoms with van der Waals surface area (Å²) in [7, 11) is 1.68. The van der Waals surface area contributed by atoms with Gasteiger partial charge in [0.1, 0.15) is 0 Å². The first-order valence-corrected chi connectivity index (χ1v) is 5.82. The van der Waals surface area contributed by atoms with E-state index in [4.69, 9.17) is 11.6 Å². The van der Waals surface area contributed by atoms with Gasteiger partial charge in [-0.1, -0.05) is 0 Å². The van der Waals surface area contributed by atoms with E-state index < -0.39 is 0 Å². The molecule has 0 bridgehead atoms. The van der Waals surface area contributed by atoms with Gasteiger partial charge >= 0.3 is 107 Å². The number of rotatable bonds is 1. The van der Waals surface area contributed by atoms with Crippen molar-refractivity contribution < 1.29 is 4.79 Å². The number of carbonyl (C=O) groups is 1. The Balaban J connectivity index is 2.36. The molecule has 0 saturated carbocycles. The van der Waals surface area contributed by atoms with Crippen molar-refractivity contribution in [3.63, 3.8) is 0 Å². The summed E-state index contributed by atoms with van der Waals surface area (Å²) < 4.78 is 0.582. The molecule has 81 valence electrons. The van der Waals surface area contributed by atoms with Gasteiger partial charge in [0.2, 0.25) is 0 Å². The van der Waals surface area contributed by atoms with Crippen molar-refractivity contribution in [3.05, 3.63) is 40.5 Å². The normalized spacial score (nSPS) is 18.1. The zero-order chi connectivity index (χ0) is 11.7. The van der Waals surface area contributed by atoms with Crippen molar-refractivity contribution >= 4 is 44.3 Å². The van der Waals surface area contributed by atoms with Crippen LogP contribution < -0.4 is 0 Å². The van der Waals surface area contributed by atoms with Crippen molar-refractivity contribution in [3.8, 4) is 0 Å². The molecular formula is C11H8ClN2OSe. The van der Waals surface area contributed by atoms with Gasteiger partial charge in [-0.15, -0.1) is 0 Å². The van der Waals surface area contributed by atoms with Crippen LogP contribution >= 0.6 is 11.6 Å². The van der Waals surface area contributed by atoms with Crippen molar-refractivity contribution in [2.24, 2.45) is 4.99 Å². The number of aliphatic imine (C=N–C) groups is 1. The van der Waals surface area contributed by atoms with Gasteiger partial charge in [0.15, 0.2) is 0 Å². The molecule has 1 radical (unpaired) electrons.